The first kappa shape index (κ1) is 14.6. The van der Waals surface area contributed by atoms with Gasteiger partial charge in [0.1, 0.15) is 5.75 Å². The van der Waals surface area contributed by atoms with E-state index in [1.54, 1.807) is 12.1 Å². The minimum absolute atomic E-state index is 0.380. The highest BCUT2D eigenvalue weighted by atomic mass is 35.5. The van der Waals surface area contributed by atoms with Crippen molar-refractivity contribution in [1.29, 1.82) is 0 Å². The van der Waals surface area contributed by atoms with Crippen LogP contribution in [0.4, 0.5) is 0 Å². The van der Waals surface area contributed by atoms with Crippen LogP contribution in [0.25, 0.3) is 0 Å². The Hall–Kier alpha value is -0.440. The monoisotopic (exact) mass is 275 g/mol. The Labute approximate surface area is 113 Å². The molecular weight excluding hydrogens is 257 g/mol. The number of unbranched alkanes of at least 4 members (excludes halogenated alkanes) is 3. The maximum absolute atomic E-state index is 6.09. The van der Waals surface area contributed by atoms with Crippen molar-refractivity contribution < 1.29 is 4.74 Å². The molecule has 0 saturated carbocycles. The number of hydrogen-bond acceptors (Lipinski definition) is 2. The Morgan fingerprint density at radius 3 is 2.59 bits per heavy atom. The second-order valence-electron chi connectivity index (χ2n) is 3.99. The average molecular weight is 276 g/mol. The summed E-state index contributed by atoms with van der Waals surface area (Å²) in [5, 5.41) is 1.13. The summed E-state index contributed by atoms with van der Waals surface area (Å²) in [5.74, 6) is 0.676. The summed E-state index contributed by atoms with van der Waals surface area (Å²) < 4.78 is 5.69. The Balaban J connectivity index is 2.57. The lowest BCUT2D eigenvalue weighted by Crippen LogP contribution is -2.04. The Morgan fingerprint density at radius 1 is 1.18 bits per heavy atom. The van der Waals surface area contributed by atoms with E-state index in [1.807, 2.05) is 0 Å². The molecule has 0 radical (unpaired) electrons. The van der Waals surface area contributed by atoms with E-state index in [0.717, 1.165) is 12.0 Å². The number of ether oxygens (including phenoxy) is 1. The summed E-state index contributed by atoms with van der Waals surface area (Å²) in [7, 11) is 0. The molecule has 0 atom stereocenters. The largest absolute Gasteiger partial charge is 0.492 e. The fourth-order valence-electron chi connectivity index (χ4n) is 1.63. The summed E-state index contributed by atoms with van der Waals surface area (Å²) in [6.07, 6.45) is 4.67. The molecular formula is C13H19Cl2NO. The van der Waals surface area contributed by atoms with E-state index in [9.17, 15) is 0 Å². The third-order valence-corrected chi connectivity index (χ3v) is 3.05. The van der Waals surface area contributed by atoms with Crippen molar-refractivity contribution in [3.05, 3.63) is 27.7 Å². The standard InChI is InChI=1S/C13H19Cl2NO/c1-2-3-4-5-6-17-13-10(9-16)7-11(14)8-12(13)15/h7-8H,2-6,9,16H2,1H3. The number of benzene rings is 1. The van der Waals surface area contributed by atoms with Gasteiger partial charge in [-0.25, -0.2) is 0 Å². The molecule has 1 aromatic carbocycles. The number of rotatable bonds is 7. The van der Waals surface area contributed by atoms with E-state index >= 15 is 0 Å². The van der Waals surface area contributed by atoms with Crippen LogP contribution in [0.3, 0.4) is 0 Å². The van der Waals surface area contributed by atoms with Gasteiger partial charge in [-0.1, -0.05) is 49.4 Å². The molecule has 0 unspecified atom stereocenters. The lowest BCUT2D eigenvalue weighted by molar-refractivity contribution is 0.302. The number of halogens is 2. The second kappa shape index (κ2) is 7.80. The molecule has 2 N–H and O–H groups in total. The van der Waals surface area contributed by atoms with Crippen LogP contribution in [-0.4, -0.2) is 6.61 Å². The lowest BCUT2D eigenvalue weighted by atomic mass is 10.2. The van der Waals surface area contributed by atoms with Crippen molar-refractivity contribution in [2.24, 2.45) is 5.73 Å². The zero-order valence-corrected chi connectivity index (χ0v) is 11.7. The van der Waals surface area contributed by atoms with E-state index < -0.39 is 0 Å². The number of nitrogens with two attached hydrogens (primary N) is 1. The molecule has 17 heavy (non-hydrogen) atoms. The third-order valence-electron chi connectivity index (χ3n) is 2.55. The maximum Gasteiger partial charge on any atom is 0.142 e. The predicted molar refractivity (Wildman–Crippen MR) is 74.0 cm³/mol. The molecule has 2 nitrogen and oxygen atoms in total. The Kier molecular flexibility index (Phi) is 6.71. The van der Waals surface area contributed by atoms with Crippen LogP contribution >= 0.6 is 23.2 Å². The maximum atomic E-state index is 6.09. The second-order valence-corrected chi connectivity index (χ2v) is 4.83. The highest BCUT2D eigenvalue weighted by Gasteiger charge is 2.09. The van der Waals surface area contributed by atoms with Gasteiger partial charge in [0.25, 0.3) is 0 Å². The molecule has 0 aliphatic rings. The topological polar surface area (TPSA) is 35.2 Å². The van der Waals surface area contributed by atoms with Crippen molar-refractivity contribution in [3.63, 3.8) is 0 Å². The molecule has 0 aliphatic heterocycles. The summed E-state index contributed by atoms with van der Waals surface area (Å²) in [6.45, 7) is 3.24. The Morgan fingerprint density at radius 2 is 1.94 bits per heavy atom. The fourth-order valence-corrected chi connectivity index (χ4v) is 2.22. The first-order valence-electron chi connectivity index (χ1n) is 5.99. The van der Waals surface area contributed by atoms with Gasteiger partial charge >= 0.3 is 0 Å². The molecule has 4 heteroatoms. The molecule has 0 fully saturated rings. The summed E-state index contributed by atoms with van der Waals surface area (Å²) in [5.41, 5.74) is 6.50. The highest BCUT2D eigenvalue weighted by Crippen LogP contribution is 2.32. The van der Waals surface area contributed by atoms with E-state index in [-0.39, 0.29) is 0 Å². The van der Waals surface area contributed by atoms with Gasteiger partial charge in [0.2, 0.25) is 0 Å². The van der Waals surface area contributed by atoms with Gasteiger partial charge in [0.15, 0.2) is 0 Å². The van der Waals surface area contributed by atoms with Crippen LogP contribution in [0.5, 0.6) is 5.75 Å². The molecule has 0 heterocycles. The van der Waals surface area contributed by atoms with Gasteiger partial charge in [0.05, 0.1) is 11.6 Å². The van der Waals surface area contributed by atoms with Crippen molar-refractivity contribution in [2.45, 2.75) is 39.2 Å². The summed E-state index contributed by atoms with van der Waals surface area (Å²) >= 11 is 12.0. The van der Waals surface area contributed by atoms with Crippen molar-refractivity contribution in [3.8, 4) is 5.75 Å². The van der Waals surface area contributed by atoms with E-state index in [0.29, 0.717) is 28.9 Å². The molecule has 0 spiro atoms. The highest BCUT2D eigenvalue weighted by molar-refractivity contribution is 6.35. The lowest BCUT2D eigenvalue weighted by Gasteiger charge is -2.12. The van der Waals surface area contributed by atoms with E-state index in [4.69, 9.17) is 33.7 Å². The molecule has 0 aliphatic carbocycles. The number of hydrogen-bond donors (Lipinski definition) is 1. The Bertz CT molecular complexity index is 356. The SMILES string of the molecule is CCCCCCOc1c(Cl)cc(Cl)cc1CN. The van der Waals surface area contributed by atoms with Crippen molar-refractivity contribution in [1.82, 2.24) is 0 Å². The fraction of sp³-hybridized carbons (Fsp3) is 0.538. The summed E-state index contributed by atoms with van der Waals surface area (Å²) in [6, 6.07) is 3.48. The van der Waals surface area contributed by atoms with Gasteiger partial charge in [0, 0.05) is 17.1 Å². The molecule has 0 saturated heterocycles. The molecule has 1 aromatic rings. The molecule has 0 bridgehead atoms. The van der Waals surface area contributed by atoms with Crippen molar-refractivity contribution in [2.75, 3.05) is 6.61 Å². The smallest absolute Gasteiger partial charge is 0.142 e. The molecule has 0 amide bonds. The van der Waals surface area contributed by atoms with Gasteiger partial charge in [-0.3, -0.25) is 0 Å². The van der Waals surface area contributed by atoms with Crippen molar-refractivity contribution >= 4 is 23.2 Å². The van der Waals surface area contributed by atoms with Gasteiger partial charge < -0.3 is 10.5 Å². The normalized spacial score (nSPS) is 10.6. The first-order chi connectivity index (χ1) is 8.19. The minimum atomic E-state index is 0.380. The predicted octanol–water partition coefficient (Wildman–Crippen LogP) is 4.41. The van der Waals surface area contributed by atoms with Crippen LogP contribution in [0, 0.1) is 0 Å². The molecule has 1 rings (SSSR count). The van der Waals surface area contributed by atoms with Crippen LogP contribution in [0.15, 0.2) is 12.1 Å². The minimum Gasteiger partial charge on any atom is -0.492 e. The zero-order valence-electron chi connectivity index (χ0n) is 10.1. The van der Waals surface area contributed by atoms with Crippen LogP contribution in [0.1, 0.15) is 38.2 Å². The van der Waals surface area contributed by atoms with Gasteiger partial charge in [-0.15, -0.1) is 0 Å². The average Bonchev–Trinajstić information content (AvgIpc) is 2.30. The van der Waals surface area contributed by atoms with Gasteiger partial charge in [-0.2, -0.15) is 0 Å². The first-order valence-corrected chi connectivity index (χ1v) is 6.75. The zero-order chi connectivity index (χ0) is 12.7. The van der Waals surface area contributed by atoms with E-state index in [1.165, 1.54) is 19.3 Å². The molecule has 96 valence electrons. The van der Waals surface area contributed by atoms with Crippen LogP contribution < -0.4 is 10.5 Å². The van der Waals surface area contributed by atoms with Crippen LogP contribution in [-0.2, 0) is 6.54 Å². The van der Waals surface area contributed by atoms with Crippen LogP contribution in [0.2, 0.25) is 10.0 Å². The quantitative estimate of drug-likeness (QED) is 0.748. The summed E-state index contributed by atoms with van der Waals surface area (Å²) in [4.78, 5) is 0. The van der Waals surface area contributed by atoms with Gasteiger partial charge in [-0.05, 0) is 18.6 Å². The van der Waals surface area contributed by atoms with E-state index in [2.05, 4.69) is 6.92 Å². The third kappa shape index (κ3) is 4.74. The molecule has 0 aromatic heterocycles.